The fourth-order valence-electron chi connectivity index (χ4n) is 3.82. The minimum absolute atomic E-state index is 0.0524. The maximum absolute atomic E-state index is 13.3. The predicted octanol–water partition coefficient (Wildman–Crippen LogP) is 3.30. The average Bonchev–Trinajstić information content (AvgIpc) is 3.40. The minimum atomic E-state index is -0.784. The number of carbonyl (C=O) groups is 2. The summed E-state index contributed by atoms with van der Waals surface area (Å²) in [6.45, 7) is 1.12. The number of methoxy groups -OCH3 is 3. The molecule has 1 aliphatic heterocycles. The summed E-state index contributed by atoms with van der Waals surface area (Å²) in [4.78, 5) is 30.4. The molecule has 1 atom stereocenters. The molecule has 8 nitrogen and oxygen atoms in total. The molecule has 0 spiro atoms. The number of ketones is 1. The molecule has 1 aromatic carbocycles. The minimum Gasteiger partial charge on any atom is -0.503 e. The van der Waals surface area contributed by atoms with Gasteiger partial charge in [0.1, 0.15) is 0 Å². The second-order valence-electron chi connectivity index (χ2n) is 7.59. The quantitative estimate of drug-likeness (QED) is 0.544. The summed E-state index contributed by atoms with van der Waals surface area (Å²) in [6, 6.07) is 6.07. The molecule has 0 saturated carbocycles. The second kappa shape index (κ2) is 10.1. The fourth-order valence-corrected chi connectivity index (χ4v) is 4.50. The number of ether oxygens (including phenoxy) is 3. The highest BCUT2D eigenvalue weighted by molar-refractivity contribution is 7.12. The Labute approximate surface area is 191 Å². The molecule has 0 bridgehead atoms. The Morgan fingerprint density at radius 1 is 1.16 bits per heavy atom. The number of amides is 1. The Hall–Kier alpha value is -3.04. The molecule has 1 amide bonds. The Morgan fingerprint density at radius 2 is 1.81 bits per heavy atom. The van der Waals surface area contributed by atoms with Crippen LogP contribution in [0.25, 0.3) is 0 Å². The van der Waals surface area contributed by atoms with Crippen molar-refractivity contribution in [2.75, 3.05) is 48.5 Å². The number of rotatable bonds is 10. The monoisotopic (exact) mass is 460 g/mol. The van der Waals surface area contributed by atoms with E-state index in [-0.39, 0.29) is 11.4 Å². The van der Waals surface area contributed by atoms with Crippen molar-refractivity contribution in [2.24, 2.45) is 0 Å². The van der Waals surface area contributed by atoms with Crippen molar-refractivity contribution in [1.82, 2.24) is 9.80 Å². The summed E-state index contributed by atoms with van der Waals surface area (Å²) in [5.74, 6) is -0.260. The van der Waals surface area contributed by atoms with E-state index in [1.54, 1.807) is 29.6 Å². The first-order valence-corrected chi connectivity index (χ1v) is 11.0. The Morgan fingerprint density at radius 3 is 2.31 bits per heavy atom. The van der Waals surface area contributed by atoms with Crippen LogP contribution >= 0.6 is 11.3 Å². The van der Waals surface area contributed by atoms with Crippen LogP contribution in [-0.2, 0) is 4.79 Å². The highest BCUT2D eigenvalue weighted by atomic mass is 32.1. The highest BCUT2D eigenvalue weighted by Gasteiger charge is 2.44. The van der Waals surface area contributed by atoms with Crippen molar-refractivity contribution < 1.29 is 28.9 Å². The number of nitrogens with zero attached hydrogens (tertiary/aromatic N) is 2. The first-order chi connectivity index (χ1) is 15.3. The number of thiophene rings is 1. The maximum atomic E-state index is 13.3. The smallest absolute Gasteiger partial charge is 0.290 e. The molecule has 0 radical (unpaired) electrons. The van der Waals surface area contributed by atoms with Crippen LogP contribution in [0.5, 0.6) is 17.2 Å². The van der Waals surface area contributed by atoms with Gasteiger partial charge in [0.05, 0.1) is 37.8 Å². The van der Waals surface area contributed by atoms with Gasteiger partial charge in [0.2, 0.25) is 11.5 Å². The van der Waals surface area contributed by atoms with Gasteiger partial charge < -0.3 is 29.1 Å². The third-order valence-electron chi connectivity index (χ3n) is 5.30. The topological polar surface area (TPSA) is 88.5 Å². The standard InChI is InChI=1S/C23H28N2O6S/c1-24(2)9-7-10-25-19(14-12-15(29-3)22(31-5)16(13-14)30-4)18(21(27)23(25)28)20(26)17-8-6-11-32-17/h6,8,11-13,19,27H,7,9-10H2,1-5H3. The van der Waals surface area contributed by atoms with Crippen LogP contribution in [0.3, 0.4) is 0 Å². The first kappa shape index (κ1) is 23.6. The molecule has 2 heterocycles. The first-order valence-electron chi connectivity index (χ1n) is 10.1. The van der Waals surface area contributed by atoms with E-state index < -0.39 is 17.7 Å². The van der Waals surface area contributed by atoms with E-state index in [1.807, 2.05) is 19.0 Å². The van der Waals surface area contributed by atoms with Crippen molar-refractivity contribution in [1.29, 1.82) is 0 Å². The van der Waals surface area contributed by atoms with Gasteiger partial charge in [-0.25, -0.2) is 0 Å². The molecular weight excluding hydrogens is 432 g/mol. The number of hydrogen-bond donors (Lipinski definition) is 1. The van der Waals surface area contributed by atoms with E-state index in [0.717, 1.165) is 6.54 Å². The van der Waals surface area contributed by atoms with Crippen LogP contribution in [0, 0.1) is 0 Å². The normalized spacial score (nSPS) is 16.1. The number of benzene rings is 1. The number of carbonyl (C=O) groups excluding carboxylic acids is 2. The van der Waals surface area contributed by atoms with Gasteiger partial charge in [0.15, 0.2) is 17.3 Å². The maximum Gasteiger partial charge on any atom is 0.290 e. The summed E-state index contributed by atoms with van der Waals surface area (Å²) in [6.07, 6.45) is 0.674. The van der Waals surface area contributed by atoms with Crippen molar-refractivity contribution in [3.05, 3.63) is 51.4 Å². The molecule has 3 rings (SSSR count). The number of hydrogen-bond acceptors (Lipinski definition) is 8. The van der Waals surface area contributed by atoms with Gasteiger partial charge in [-0.3, -0.25) is 9.59 Å². The number of aliphatic hydroxyl groups is 1. The van der Waals surface area contributed by atoms with Crippen LogP contribution < -0.4 is 14.2 Å². The Kier molecular flexibility index (Phi) is 7.42. The van der Waals surface area contributed by atoms with Gasteiger partial charge in [-0.1, -0.05) is 6.07 Å². The lowest BCUT2D eigenvalue weighted by molar-refractivity contribution is -0.129. The van der Waals surface area contributed by atoms with Gasteiger partial charge in [-0.15, -0.1) is 11.3 Å². The van der Waals surface area contributed by atoms with Crippen LogP contribution in [0.1, 0.15) is 27.7 Å². The molecule has 32 heavy (non-hydrogen) atoms. The third-order valence-corrected chi connectivity index (χ3v) is 6.17. The zero-order chi connectivity index (χ0) is 23.4. The molecule has 0 aliphatic carbocycles. The Balaban J connectivity index is 2.13. The van der Waals surface area contributed by atoms with Crippen LogP contribution in [0.2, 0.25) is 0 Å². The summed E-state index contributed by atoms with van der Waals surface area (Å²) in [5, 5.41) is 12.5. The van der Waals surface area contributed by atoms with Crippen molar-refractivity contribution >= 4 is 23.0 Å². The van der Waals surface area contributed by atoms with E-state index in [2.05, 4.69) is 0 Å². The Bertz CT molecular complexity index is 990. The predicted molar refractivity (Wildman–Crippen MR) is 122 cm³/mol. The molecule has 1 unspecified atom stereocenters. The van der Waals surface area contributed by atoms with Crippen LogP contribution in [0.4, 0.5) is 0 Å². The van der Waals surface area contributed by atoms with Gasteiger partial charge >= 0.3 is 0 Å². The molecule has 1 aromatic heterocycles. The largest absolute Gasteiger partial charge is 0.503 e. The van der Waals surface area contributed by atoms with E-state index in [4.69, 9.17) is 14.2 Å². The number of Topliss-reactive ketones (excluding diaryl/α,β-unsaturated/α-hetero) is 1. The average molecular weight is 461 g/mol. The second-order valence-corrected chi connectivity index (χ2v) is 8.53. The van der Waals surface area contributed by atoms with E-state index >= 15 is 0 Å². The lowest BCUT2D eigenvalue weighted by Gasteiger charge is -2.28. The molecular formula is C23H28N2O6S. The van der Waals surface area contributed by atoms with E-state index in [0.29, 0.717) is 40.7 Å². The van der Waals surface area contributed by atoms with Crippen LogP contribution in [0.15, 0.2) is 41.0 Å². The third kappa shape index (κ3) is 4.44. The lowest BCUT2D eigenvalue weighted by Crippen LogP contribution is -2.33. The fraction of sp³-hybridized carbons (Fsp3) is 0.391. The summed E-state index contributed by atoms with van der Waals surface area (Å²) in [7, 11) is 8.40. The molecule has 2 aromatic rings. The van der Waals surface area contributed by atoms with Gasteiger partial charge in [-0.2, -0.15) is 0 Å². The van der Waals surface area contributed by atoms with Gasteiger partial charge in [0, 0.05) is 6.54 Å². The zero-order valence-electron chi connectivity index (χ0n) is 18.9. The van der Waals surface area contributed by atoms with Crippen molar-refractivity contribution in [2.45, 2.75) is 12.5 Å². The SMILES string of the molecule is COc1cc(C2C(C(=O)c3cccs3)=C(O)C(=O)N2CCCN(C)C)cc(OC)c1OC. The van der Waals surface area contributed by atoms with Crippen LogP contribution in [-0.4, -0.2) is 75.1 Å². The summed E-state index contributed by atoms with van der Waals surface area (Å²) < 4.78 is 16.4. The van der Waals surface area contributed by atoms with E-state index in [1.165, 1.54) is 37.6 Å². The van der Waals surface area contributed by atoms with Gasteiger partial charge in [-0.05, 0) is 56.2 Å². The summed E-state index contributed by atoms with van der Waals surface area (Å²) in [5.41, 5.74) is 0.637. The van der Waals surface area contributed by atoms with E-state index in [9.17, 15) is 14.7 Å². The van der Waals surface area contributed by atoms with Gasteiger partial charge in [0.25, 0.3) is 5.91 Å². The molecule has 9 heteroatoms. The lowest BCUT2D eigenvalue weighted by atomic mass is 9.94. The zero-order valence-corrected chi connectivity index (χ0v) is 19.7. The van der Waals surface area contributed by atoms with Crippen molar-refractivity contribution in [3.8, 4) is 17.2 Å². The van der Waals surface area contributed by atoms with Crippen molar-refractivity contribution in [3.63, 3.8) is 0 Å². The highest BCUT2D eigenvalue weighted by Crippen LogP contribution is 2.45. The molecule has 1 aliphatic rings. The molecule has 1 N–H and O–H groups in total. The molecule has 0 saturated heterocycles. The summed E-state index contributed by atoms with van der Waals surface area (Å²) >= 11 is 1.26. The molecule has 0 fully saturated rings. The molecule has 172 valence electrons. The number of aliphatic hydroxyl groups excluding tert-OH is 1.